The van der Waals surface area contributed by atoms with Gasteiger partial charge < -0.3 is 0 Å². The van der Waals surface area contributed by atoms with Gasteiger partial charge in [0, 0.05) is 0 Å². The molecule has 1 aliphatic carbocycles. The Kier molecular flexibility index (Phi) is 6.59. The van der Waals surface area contributed by atoms with Crippen LogP contribution in [0.15, 0.2) is 0 Å². The molecule has 0 saturated heterocycles. The van der Waals surface area contributed by atoms with Gasteiger partial charge in [0.25, 0.3) is 0 Å². The highest BCUT2D eigenvalue weighted by Crippen LogP contribution is 2.42. The summed E-state index contributed by atoms with van der Waals surface area (Å²) in [5.74, 6) is 4.86. The van der Waals surface area contributed by atoms with Crippen LogP contribution in [0.3, 0.4) is 0 Å². The van der Waals surface area contributed by atoms with Crippen molar-refractivity contribution in [3.05, 3.63) is 0 Å². The lowest BCUT2D eigenvalue weighted by Crippen LogP contribution is -2.31. The second-order valence-corrected chi connectivity index (χ2v) is 6.43. The van der Waals surface area contributed by atoms with Crippen molar-refractivity contribution < 1.29 is 0 Å². The molecule has 0 bridgehead atoms. The Labute approximate surface area is 110 Å². The Balaban J connectivity index is 2.66. The van der Waals surface area contributed by atoms with Gasteiger partial charge in [0.15, 0.2) is 0 Å². The van der Waals surface area contributed by atoms with Crippen molar-refractivity contribution in [3.63, 3.8) is 0 Å². The fourth-order valence-electron chi connectivity index (χ4n) is 4.47. The maximum absolute atomic E-state index is 2.55. The van der Waals surface area contributed by atoms with E-state index in [1.807, 2.05) is 0 Å². The third kappa shape index (κ3) is 3.73. The predicted octanol–water partition coefficient (Wildman–Crippen LogP) is 5.91. The molecule has 0 N–H and O–H groups in total. The van der Waals surface area contributed by atoms with Gasteiger partial charge in [0.1, 0.15) is 0 Å². The normalized spacial score (nSPS) is 29.3. The van der Waals surface area contributed by atoms with Crippen LogP contribution in [0.2, 0.25) is 0 Å². The second-order valence-electron chi connectivity index (χ2n) is 6.43. The molecular weight excluding hydrogens is 204 g/mol. The van der Waals surface area contributed by atoms with Crippen molar-refractivity contribution in [2.24, 2.45) is 29.6 Å². The second kappa shape index (κ2) is 7.44. The minimum absolute atomic E-state index is 0.945. The van der Waals surface area contributed by atoms with E-state index in [1.54, 1.807) is 0 Å². The fourth-order valence-corrected chi connectivity index (χ4v) is 4.47. The molecule has 4 atom stereocenters. The molecule has 0 aliphatic heterocycles. The highest BCUT2D eigenvalue weighted by molar-refractivity contribution is 4.82. The number of hydrogen-bond donors (Lipinski definition) is 0. The van der Waals surface area contributed by atoms with Crippen molar-refractivity contribution >= 4 is 0 Å². The van der Waals surface area contributed by atoms with Crippen LogP contribution in [-0.2, 0) is 0 Å². The van der Waals surface area contributed by atoms with Crippen molar-refractivity contribution in [1.29, 1.82) is 0 Å². The lowest BCUT2D eigenvalue weighted by atomic mass is 9.65. The van der Waals surface area contributed by atoms with Crippen molar-refractivity contribution in [2.75, 3.05) is 0 Å². The summed E-state index contributed by atoms with van der Waals surface area (Å²) < 4.78 is 0. The van der Waals surface area contributed by atoms with E-state index < -0.39 is 0 Å². The highest BCUT2D eigenvalue weighted by Gasteiger charge is 2.33. The first-order chi connectivity index (χ1) is 8.15. The SMILES string of the molecule is CCC(CC)C(CC)C(C)C1CCCCC1C. The van der Waals surface area contributed by atoms with E-state index in [-0.39, 0.29) is 0 Å². The minimum Gasteiger partial charge on any atom is -0.0651 e. The molecule has 0 amide bonds. The van der Waals surface area contributed by atoms with E-state index in [0.717, 1.165) is 29.6 Å². The summed E-state index contributed by atoms with van der Waals surface area (Å²) in [4.78, 5) is 0. The Morgan fingerprint density at radius 2 is 1.53 bits per heavy atom. The van der Waals surface area contributed by atoms with E-state index in [1.165, 1.54) is 44.9 Å². The van der Waals surface area contributed by atoms with E-state index in [4.69, 9.17) is 0 Å². The Morgan fingerprint density at radius 1 is 0.941 bits per heavy atom. The zero-order chi connectivity index (χ0) is 12.8. The molecule has 1 saturated carbocycles. The van der Waals surface area contributed by atoms with Gasteiger partial charge in [0.2, 0.25) is 0 Å². The summed E-state index contributed by atoms with van der Waals surface area (Å²) in [5, 5.41) is 0. The van der Waals surface area contributed by atoms with Crippen molar-refractivity contribution in [1.82, 2.24) is 0 Å². The average molecular weight is 238 g/mol. The van der Waals surface area contributed by atoms with Gasteiger partial charge >= 0.3 is 0 Å². The zero-order valence-electron chi connectivity index (χ0n) is 12.8. The maximum atomic E-state index is 2.55. The van der Waals surface area contributed by atoms with E-state index >= 15 is 0 Å². The standard InChI is InChI=1S/C17H34/c1-6-15(7-2)16(8-3)14(5)17-12-10-9-11-13(17)4/h13-17H,6-12H2,1-5H3. The van der Waals surface area contributed by atoms with Crippen LogP contribution < -0.4 is 0 Å². The Bertz CT molecular complexity index is 192. The van der Waals surface area contributed by atoms with Crippen LogP contribution >= 0.6 is 0 Å². The predicted molar refractivity (Wildman–Crippen MR) is 78.1 cm³/mol. The third-order valence-corrected chi connectivity index (χ3v) is 5.65. The summed E-state index contributed by atoms with van der Waals surface area (Å²) in [7, 11) is 0. The molecule has 0 aromatic carbocycles. The molecule has 0 radical (unpaired) electrons. The first-order valence-electron chi connectivity index (χ1n) is 8.15. The van der Waals surface area contributed by atoms with Gasteiger partial charge in [0.05, 0.1) is 0 Å². The molecule has 17 heavy (non-hydrogen) atoms. The molecule has 102 valence electrons. The van der Waals surface area contributed by atoms with E-state index in [0.29, 0.717) is 0 Å². The summed E-state index contributed by atoms with van der Waals surface area (Å²) in [5.41, 5.74) is 0. The van der Waals surface area contributed by atoms with E-state index in [9.17, 15) is 0 Å². The molecule has 0 heteroatoms. The largest absolute Gasteiger partial charge is 0.0651 e. The zero-order valence-corrected chi connectivity index (χ0v) is 12.8. The van der Waals surface area contributed by atoms with Crippen LogP contribution in [0.4, 0.5) is 0 Å². The monoisotopic (exact) mass is 238 g/mol. The quantitative estimate of drug-likeness (QED) is 0.539. The molecule has 0 aromatic rings. The first-order valence-corrected chi connectivity index (χ1v) is 8.15. The summed E-state index contributed by atoms with van der Waals surface area (Å²) in [6, 6.07) is 0. The van der Waals surface area contributed by atoms with Crippen molar-refractivity contribution in [3.8, 4) is 0 Å². The molecule has 1 fully saturated rings. The van der Waals surface area contributed by atoms with Crippen molar-refractivity contribution in [2.45, 2.75) is 79.6 Å². The lowest BCUT2D eigenvalue weighted by Gasteiger charge is -2.40. The van der Waals surface area contributed by atoms with Gasteiger partial charge in [-0.3, -0.25) is 0 Å². The van der Waals surface area contributed by atoms with Crippen LogP contribution in [0.25, 0.3) is 0 Å². The summed E-state index contributed by atoms with van der Waals surface area (Å²) in [6.45, 7) is 12.2. The Hall–Kier alpha value is 0. The average Bonchev–Trinajstić information content (AvgIpc) is 2.35. The third-order valence-electron chi connectivity index (χ3n) is 5.65. The molecule has 0 aromatic heterocycles. The molecule has 0 heterocycles. The van der Waals surface area contributed by atoms with Gasteiger partial charge in [-0.15, -0.1) is 0 Å². The smallest absolute Gasteiger partial charge is 0.0360 e. The molecule has 4 unspecified atom stereocenters. The summed E-state index contributed by atoms with van der Waals surface area (Å²) in [6.07, 6.45) is 10.1. The van der Waals surface area contributed by atoms with Gasteiger partial charge in [-0.05, 0) is 36.0 Å². The topological polar surface area (TPSA) is 0 Å². The number of hydrogen-bond acceptors (Lipinski definition) is 0. The first kappa shape index (κ1) is 15.1. The lowest BCUT2D eigenvalue weighted by molar-refractivity contribution is 0.0973. The molecule has 0 nitrogen and oxygen atoms in total. The van der Waals surface area contributed by atoms with Gasteiger partial charge in [-0.1, -0.05) is 73.1 Å². The highest BCUT2D eigenvalue weighted by atomic mass is 14.4. The van der Waals surface area contributed by atoms with Crippen LogP contribution in [0.5, 0.6) is 0 Å². The van der Waals surface area contributed by atoms with Crippen LogP contribution in [-0.4, -0.2) is 0 Å². The summed E-state index contributed by atoms with van der Waals surface area (Å²) >= 11 is 0. The molecule has 1 rings (SSSR count). The molecule has 1 aliphatic rings. The van der Waals surface area contributed by atoms with Gasteiger partial charge in [-0.2, -0.15) is 0 Å². The number of rotatable bonds is 6. The van der Waals surface area contributed by atoms with Crippen LogP contribution in [0.1, 0.15) is 79.6 Å². The molecule has 0 spiro atoms. The fraction of sp³-hybridized carbons (Fsp3) is 1.00. The van der Waals surface area contributed by atoms with E-state index in [2.05, 4.69) is 34.6 Å². The Morgan fingerprint density at radius 3 is 2.00 bits per heavy atom. The van der Waals surface area contributed by atoms with Gasteiger partial charge in [-0.25, -0.2) is 0 Å². The maximum Gasteiger partial charge on any atom is -0.0360 e. The van der Waals surface area contributed by atoms with Crippen LogP contribution in [0, 0.1) is 29.6 Å². The minimum atomic E-state index is 0.945. The molecular formula is C17H34.